The summed E-state index contributed by atoms with van der Waals surface area (Å²) in [5.74, 6) is -0.0185. The van der Waals surface area contributed by atoms with Crippen LogP contribution in [0.2, 0.25) is 0 Å². The predicted molar refractivity (Wildman–Crippen MR) is 73.0 cm³/mol. The zero-order valence-corrected chi connectivity index (χ0v) is 11.4. The Balaban J connectivity index is 0.00000133. The highest BCUT2D eigenvalue weighted by atomic mass is 35.5. The summed E-state index contributed by atoms with van der Waals surface area (Å²) in [6.07, 6.45) is 5.19. The van der Waals surface area contributed by atoms with E-state index in [-0.39, 0.29) is 30.5 Å². The predicted octanol–water partition coefficient (Wildman–Crippen LogP) is 0.639. The van der Waals surface area contributed by atoms with Crippen molar-refractivity contribution in [1.82, 2.24) is 15.6 Å². The molecule has 1 aromatic rings. The van der Waals surface area contributed by atoms with E-state index in [0.717, 1.165) is 24.9 Å². The van der Waals surface area contributed by atoms with Gasteiger partial charge in [-0.3, -0.25) is 9.78 Å². The monoisotopic (exact) mass is 283 g/mol. The Kier molecular flexibility index (Phi) is 4.74. The second-order valence-electron chi connectivity index (χ2n) is 4.83. The molecule has 3 rings (SSSR count). The molecule has 0 radical (unpaired) electrons. The standard InChI is InChI=1S/C13H17N3O2.ClH/c17-13(16-8-9-2-1-4-14-7-9)12-6-10-11(18-12)3-5-15-10;/h1-2,4,7,10-12,15H,3,5-6,8H2,(H,16,17);1H/t10-,11-,12+;/m1./s1. The molecule has 2 saturated heterocycles. The van der Waals surface area contributed by atoms with Crippen LogP contribution in [0.15, 0.2) is 24.5 Å². The van der Waals surface area contributed by atoms with Crippen molar-refractivity contribution in [1.29, 1.82) is 0 Å². The molecule has 0 bridgehead atoms. The molecule has 0 unspecified atom stereocenters. The van der Waals surface area contributed by atoms with E-state index in [1.165, 1.54) is 0 Å². The molecule has 1 aromatic heterocycles. The summed E-state index contributed by atoms with van der Waals surface area (Å²) in [5.41, 5.74) is 1.00. The Morgan fingerprint density at radius 3 is 3.21 bits per heavy atom. The summed E-state index contributed by atoms with van der Waals surface area (Å²) < 4.78 is 5.75. The van der Waals surface area contributed by atoms with Crippen LogP contribution < -0.4 is 10.6 Å². The van der Waals surface area contributed by atoms with Gasteiger partial charge in [-0.25, -0.2) is 0 Å². The molecular formula is C13H18ClN3O2. The number of pyridine rings is 1. The lowest BCUT2D eigenvalue weighted by Gasteiger charge is -2.12. The molecule has 0 aliphatic carbocycles. The summed E-state index contributed by atoms with van der Waals surface area (Å²) in [4.78, 5) is 16.0. The minimum Gasteiger partial charge on any atom is -0.363 e. The number of nitrogens with one attached hydrogen (secondary N) is 2. The number of carbonyl (C=O) groups is 1. The summed E-state index contributed by atoms with van der Waals surface area (Å²) >= 11 is 0. The van der Waals surface area contributed by atoms with Gasteiger partial charge in [-0.15, -0.1) is 12.4 Å². The van der Waals surface area contributed by atoms with Crippen LogP contribution >= 0.6 is 12.4 Å². The molecule has 2 aliphatic heterocycles. The molecule has 6 heteroatoms. The van der Waals surface area contributed by atoms with Gasteiger partial charge in [-0.05, 0) is 24.6 Å². The number of hydrogen-bond acceptors (Lipinski definition) is 4. The van der Waals surface area contributed by atoms with Crippen molar-refractivity contribution in [2.24, 2.45) is 0 Å². The average molecular weight is 284 g/mol. The van der Waals surface area contributed by atoms with Crippen LogP contribution in [0.25, 0.3) is 0 Å². The highest BCUT2D eigenvalue weighted by Crippen LogP contribution is 2.26. The number of carbonyl (C=O) groups excluding carboxylic acids is 1. The minimum atomic E-state index is -0.301. The molecule has 3 heterocycles. The molecule has 2 aliphatic rings. The number of hydrogen-bond donors (Lipinski definition) is 2. The molecule has 2 N–H and O–H groups in total. The van der Waals surface area contributed by atoms with E-state index in [0.29, 0.717) is 12.6 Å². The van der Waals surface area contributed by atoms with E-state index >= 15 is 0 Å². The maximum atomic E-state index is 12.0. The fourth-order valence-electron chi connectivity index (χ4n) is 2.61. The molecule has 2 fully saturated rings. The van der Waals surface area contributed by atoms with Crippen molar-refractivity contribution in [2.75, 3.05) is 6.54 Å². The molecule has 3 atom stereocenters. The lowest BCUT2D eigenvalue weighted by Crippen LogP contribution is -2.35. The van der Waals surface area contributed by atoms with E-state index in [1.807, 2.05) is 12.1 Å². The molecule has 19 heavy (non-hydrogen) atoms. The summed E-state index contributed by atoms with van der Waals surface area (Å²) in [6, 6.07) is 4.17. The second kappa shape index (κ2) is 6.32. The first kappa shape index (κ1) is 14.2. The number of amides is 1. The molecule has 0 spiro atoms. The minimum absolute atomic E-state index is 0. The first-order valence-electron chi connectivity index (χ1n) is 6.38. The normalized spacial score (nSPS) is 28.5. The molecule has 0 saturated carbocycles. The van der Waals surface area contributed by atoms with E-state index in [2.05, 4.69) is 15.6 Å². The Morgan fingerprint density at radius 2 is 2.47 bits per heavy atom. The molecule has 1 amide bonds. The third kappa shape index (κ3) is 3.23. The second-order valence-corrected chi connectivity index (χ2v) is 4.83. The van der Waals surface area contributed by atoms with Crippen LogP contribution in [-0.4, -0.2) is 35.7 Å². The van der Waals surface area contributed by atoms with Crippen LogP contribution in [0.3, 0.4) is 0 Å². The van der Waals surface area contributed by atoms with Crippen LogP contribution in [-0.2, 0) is 16.1 Å². The third-order valence-electron chi connectivity index (χ3n) is 3.57. The lowest BCUT2D eigenvalue weighted by atomic mass is 10.1. The van der Waals surface area contributed by atoms with Gasteiger partial charge in [-0.2, -0.15) is 0 Å². The number of halogens is 1. The van der Waals surface area contributed by atoms with E-state index in [9.17, 15) is 4.79 Å². The van der Waals surface area contributed by atoms with Crippen LogP contribution in [0.4, 0.5) is 0 Å². The lowest BCUT2D eigenvalue weighted by molar-refractivity contribution is -0.132. The van der Waals surface area contributed by atoms with Gasteiger partial charge < -0.3 is 15.4 Å². The van der Waals surface area contributed by atoms with Gasteiger partial charge in [0.1, 0.15) is 6.10 Å². The summed E-state index contributed by atoms with van der Waals surface area (Å²) in [5, 5.41) is 6.26. The van der Waals surface area contributed by atoms with Gasteiger partial charge in [0, 0.05) is 31.4 Å². The highest BCUT2D eigenvalue weighted by Gasteiger charge is 2.41. The van der Waals surface area contributed by atoms with Crippen molar-refractivity contribution < 1.29 is 9.53 Å². The van der Waals surface area contributed by atoms with Gasteiger partial charge >= 0.3 is 0 Å². The van der Waals surface area contributed by atoms with Crippen molar-refractivity contribution in [2.45, 2.75) is 37.6 Å². The number of nitrogens with zero attached hydrogens (tertiary/aromatic N) is 1. The topological polar surface area (TPSA) is 63.2 Å². The van der Waals surface area contributed by atoms with E-state index in [1.54, 1.807) is 12.4 Å². The van der Waals surface area contributed by atoms with Crippen LogP contribution in [0.1, 0.15) is 18.4 Å². The van der Waals surface area contributed by atoms with Gasteiger partial charge in [0.15, 0.2) is 0 Å². The van der Waals surface area contributed by atoms with Crippen LogP contribution in [0.5, 0.6) is 0 Å². The fraction of sp³-hybridized carbons (Fsp3) is 0.538. The number of fused-ring (bicyclic) bond motifs is 1. The maximum Gasteiger partial charge on any atom is 0.249 e. The number of aromatic nitrogens is 1. The Morgan fingerprint density at radius 1 is 1.58 bits per heavy atom. The largest absolute Gasteiger partial charge is 0.363 e. The first-order chi connectivity index (χ1) is 8.83. The van der Waals surface area contributed by atoms with Gasteiger partial charge in [0.05, 0.1) is 6.10 Å². The van der Waals surface area contributed by atoms with E-state index in [4.69, 9.17) is 4.74 Å². The Bertz CT molecular complexity index is 417. The number of ether oxygens (including phenoxy) is 1. The quantitative estimate of drug-likeness (QED) is 0.855. The van der Waals surface area contributed by atoms with Crippen molar-refractivity contribution in [3.05, 3.63) is 30.1 Å². The highest BCUT2D eigenvalue weighted by molar-refractivity contribution is 5.85. The van der Waals surface area contributed by atoms with Crippen molar-refractivity contribution in [3.8, 4) is 0 Å². The third-order valence-corrected chi connectivity index (χ3v) is 3.57. The SMILES string of the molecule is Cl.O=C(NCc1cccnc1)[C@@H]1C[C@H]2NCC[C@H]2O1. The molecule has 104 valence electrons. The zero-order valence-electron chi connectivity index (χ0n) is 10.5. The first-order valence-corrected chi connectivity index (χ1v) is 6.38. The van der Waals surface area contributed by atoms with Gasteiger partial charge in [-0.1, -0.05) is 6.07 Å². The summed E-state index contributed by atoms with van der Waals surface area (Å²) in [7, 11) is 0. The maximum absolute atomic E-state index is 12.0. The van der Waals surface area contributed by atoms with Crippen molar-refractivity contribution >= 4 is 18.3 Å². The molecular weight excluding hydrogens is 266 g/mol. The zero-order chi connectivity index (χ0) is 12.4. The average Bonchev–Trinajstić information content (AvgIpc) is 2.98. The van der Waals surface area contributed by atoms with Crippen LogP contribution in [0, 0.1) is 0 Å². The van der Waals surface area contributed by atoms with E-state index < -0.39 is 0 Å². The Hall–Kier alpha value is -1.17. The smallest absolute Gasteiger partial charge is 0.249 e. The van der Waals surface area contributed by atoms with Crippen molar-refractivity contribution in [3.63, 3.8) is 0 Å². The van der Waals surface area contributed by atoms with Gasteiger partial charge in [0.2, 0.25) is 5.91 Å². The fourth-order valence-corrected chi connectivity index (χ4v) is 2.61. The Labute approximate surface area is 118 Å². The number of rotatable bonds is 3. The molecule has 5 nitrogen and oxygen atoms in total. The van der Waals surface area contributed by atoms with Gasteiger partial charge in [0.25, 0.3) is 0 Å². The summed E-state index contributed by atoms with van der Waals surface area (Å²) in [6.45, 7) is 1.51. The molecule has 0 aromatic carbocycles.